The van der Waals surface area contributed by atoms with Gasteiger partial charge in [-0.3, -0.25) is 0 Å². The molecule has 5 rings (SSSR count). The van der Waals surface area contributed by atoms with E-state index in [1.165, 1.54) is 19.3 Å². The van der Waals surface area contributed by atoms with Crippen molar-refractivity contribution >= 4 is 23.3 Å². The van der Waals surface area contributed by atoms with Crippen LogP contribution in [0.3, 0.4) is 0 Å². The number of carbonyl (C=O) groups is 1. The fourth-order valence-electron chi connectivity index (χ4n) is 5.74. The fraction of sp³-hybridized carbons (Fsp3) is 0.632. The second-order valence-electron chi connectivity index (χ2n) is 8.42. The lowest BCUT2D eigenvalue weighted by atomic mass is 9.49. The van der Waals surface area contributed by atoms with E-state index in [9.17, 15) is 18.0 Å². The first-order valence-electron chi connectivity index (χ1n) is 9.14. The SMILES string of the molecule is O=C(NCC12CC3CC(CC(C3)C1)C2)Nc1cc(C(F)(F)F)ccc1Cl. The minimum Gasteiger partial charge on any atom is -0.337 e. The number of nitrogens with one attached hydrogen (secondary N) is 2. The normalized spacial score (nSPS) is 32.5. The second kappa shape index (κ2) is 6.32. The van der Waals surface area contributed by atoms with Crippen LogP contribution in [0.4, 0.5) is 23.7 Å². The molecule has 0 aliphatic heterocycles. The van der Waals surface area contributed by atoms with Gasteiger partial charge in [-0.1, -0.05) is 11.6 Å². The molecule has 4 saturated carbocycles. The van der Waals surface area contributed by atoms with Gasteiger partial charge in [0.15, 0.2) is 0 Å². The molecule has 0 spiro atoms. The maximum atomic E-state index is 12.8. The lowest BCUT2D eigenvalue weighted by Gasteiger charge is -2.56. The van der Waals surface area contributed by atoms with E-state index < -0.39 is 17.8 Å². The molecule has 2 amide bonds. The lowest BCUT2D eigenvalue weighted by Crippen LogP contribution is -2.51. The highest BCUT2D eigenvalue weighted by Gasteiger charge is 2.50. The van der Waals surface area contributed by atoms with Crippen molar-refractivity contribution in [1.29, 1.82) is 0 Å². The summed E-state index contributed by atoms with van der Waals surface area (Å²) in [5, 5.41) is 5.44. The van der Waals surface area contributed by atoms with Gasteiger partial charge in [-0.2, -0.15) is 13.2 Å². The molecule has 0 saturated heterocycles. The number of rotatable bonds is 3. The topological polar surface area (TPSA) is 41.1 Å². The minimum absolute atomic E-state index is 0.0236. The lowest BCUT2D eigenvalue weighted by molar-refractivity contribution is -0.137. The van der Waals surface area contributed by atoms with Crippen molar-refractivity contribution in [3.8, 4) is 0 Å². The first kappa shape index (κ1) is 18.0. The Labute approximate surface area is 155 Å². The van der Waals surface area contributed by atoms with E-state index in [0.717, 1.165) is 55.2 Å². The summed E-state index contributed by atoms with van der Waals surface area (Å²) in [7, 11) is 0. The molecule has 0 unspecified atom stereocenters. The van der Waals surface area contributed by atoms with Crippen LogP contribution in [0.15, 0.2) is 18.2 Å². The average Bonchev–Trinajstić information content (AvgIpc) is 2.53. The zero-order valence-electron chi connectivity index (χ0n) is 14.3. The molecule has 0 radical (unpaired) electrons. The Hall–Kier alpha value is -1.43. The smallest absolute Gasteiger partial charge is 0.337 e. The third-order valence-corrected chi connectivity index (χ3v) is 6.66. The number of carbonyl (C=O) groups excluding carboxylic acids is 1. The molecule has 4 fully saturated rings. The van der Waals surface area contributed by atoms with Crippen LogP contribution in [-0.2, 0) is 6.18 Å². The summed E-state index contributed by atoms with van der Waals surface area (Å²) < 4.78 is 38.5. The number of halogens is 4. The van der Waals surface area contributed by atoms with E-state index in [0.29, 0.717) is 6.54 Å². The van der Waals surface area contributed by atoms with Crippen LogP contribution in [0.5, 0.6) is 0 Å². The maximum Gasteiger partial charge on any atom is 0.416 e. The minimum atomic E-state index is -4.48. The van der Waals surface area contributed by atoms with Crippen molar-refractivity contribution < 1.29 is 18.0 Å². The Balaban J connectivity index is 1.39. The molecule has 4 bridgehead atoms. The van der Waals surface area contributed by atoms with Crippen LogP contribution < -0.4 is 10.6 Å². The molecule has 1 aromatic carbocycles. The Bertz CT molecular complexity index is 684. The van der Waals surface area contributed by atoms with E-state index >= 15 is 0 Å². The fourth-order valence-corrected chi connectivity index (χ4v) is 5.90. The molecule has 142 valence electrons. The van der Waals surface area contributed by atoms with Gasteiger partial charge in [-0.05, 0) is 79.9 Å². The van der Waals surface area contributed by atoms with Gasteiger partial charge >= 0.3 is 12.2 Å². The van der Waals surface area contributed by atoms with Gasteiger partial charge < -0.3 is 10.6 Å². The van der Waals surface area contributed by atoms with Crippen molar-refractivity contribution in [3.63, 3.8) is 0 Å². The predicted octanol–water partition coefficient (Wildman–Crippen LogP) is 5.70. The van der Waals surface area contributed by atoms with Gasteiger partial charge in [-0.15, -0.1) is 0 Å². The number of hydrogen-bond acceptors (Lipinski definition) is 1. The largest absolute Gasteiger partial charge is 0.416 e. The summed E-state index contributed by atoms with van der Waals surface area (Å²) in [6, 6.07) is 2.43. The third kappa shape index (κ3) is 3.53. The van der Waals surface area contributed by atoms with Crippen molar-refractivity contribution in [2.45, 2.75) is 44.7 Å². The number of anilines is 1. The van der Waals surface area contributed by atoms with E-state index in [1.807, 2.05) is 0 Å². The number of alkyl halides is 3. The number of urea groups is 1. The number of amides is 2. The van der Waals surface area contributed by atoms with Crippen molar-refractivity contribution in [2.24, 2.45) is 23.2 Å². The summed E-state index contributed by atoms with van der Waals surface area (Å²) in [6.07, 6.45) is 2.97. The quantitative estimate of drug-likeness (QED) is 0.687. The molecule has 7 heteroatoms. The molecular formula is C19H22ClF3N2O. The summed E-state index contributed by atoms with van der Waals surface area (Å²) in [5.74, 6) is 2.34. The predicted molar refractivity (Wildman–Crippen MR) is 94.1 cm³/mol. The number of hydrogen-bond donors (Lipinski definition) is 2. The Morgan fingerprint density at radius 3 is 2.23 bits per heavy atom. The highest BCUT2D eigenvalue weighted by Crippen LogP contribution is 2.59. The Morgan fingerprint density at radius 2 is 1.69 bits per heavy atom. The third-order valence-electron chi connectivity index (χ3n) is 6.33. The van der Waals surface area contributed by atoms with Gasteiger partial charge in [0, 0.05) is 6.54 Å². The molecule has 3 nitrogen and oxygen atoms in total. The monoisotopic (exact) mass is 386 g/mol. The standard InChI is InChI=1S/C19H22ClF3N2O/c20-15-2-1-14(19(21,22)23)6-16(15)25-17(26)24-10-18-7-11-3-12(8-18)5-13(4-11)9-18/h1-2,6,11-13H,3-5,7-10H2,(H2,24,25,26). The Kier molecular flexibility index (Phi) is 4.37. The van der Waals surface area contributed by atoms with Crippen LogP contribution in [0.2, 0.25) is 5.02 Å². The first-order valence-corrected chi connectivity index (χ1v) is 9.52. The molecule has 2 N–H and O–H groups in total. The first-order chi connectivity index (χ1) is 12.2. The van der Waals surface area contributed by atoms with E-state index in [4.69, 9.17) is 11.6 Å². The van der Waals surface area contributed by atoms with Gasteiger partial charge in [0.2, 0.25) is 0 Å². The van der Waals surface area contributed by atoms with E-state index in [1.54, 1.807) is 0 Å². The molecular weight excluding hydrogens is 365 g/mol. The maximum absolute atomic E-state index is 12.8. The van der Waals surface area contributed by atoms with Crippen LogP contribution >= 0.6 is 11.6 Å². The van der Waals surface area contributed by atoms with E-state index in [-0.39, 0.29) is 16.1 Å². The molecule has 4 aliphatic rings. The van der Waals surface area contributed by atoms with Gasteiger partial charge in [-0.25, -0.2) is 4.79 Å². The molecule has 0 aromatic heterocycles. The highest BCUT2D eigenvalue weighted by molar-refractivity contribution is 6.33. The zero-order chi connectivity index (χ0) is 18.5. The average molecular weight is 387 g/mol. The van der Waals surface area contributed by atoms with Crippen molar-refractivity contribution in [2.75, 3.05) is 11.9 Å². The molecule has 0 atom stereocenters. The van der Waals surface area contributed by atoms with Crippen LogP contribution in [0, 0.1) is 23.2 Å². The van der Waals surface area contributed by atoms with Crippen LogP contribution in [0.25, 0.3) is 0 Å². The highest BCUT2D eigenvalue weighted by atomic mass is 35.5. The zero-order valence-corrected chi connectivity index (χ0v) is 15.1. The molecule has 26 heavy (non-hydrogen) atoms. The number of benzene rings is 1. The van der Waals surface area contributed by atoms with Gasteiger partial charge in [0.1, 0.15) is 0 Å². The van der Waals surface area contributed by atoms with E-state index in [2.05, 4.69) is 10.6 Å². The summed E-state index contributed by atoms with van der Waals surface area (Å²) in [4.78, 5) is 12.3. The molecule has 1 aromatic rings. The second-order valence-corrected chi connectivity index (χ2v) is 8.82. The molecule has 0 heterocycles. The van der Waals surface area contributed by atoms with Gasteiger partial charge in [0.25, 0.3) is 0 Å². The van der Waals surface area contributed by atoms with Crippen molar-refractivity contribution in [3.05, 3.63) is 28.8 Å². The summed E-state index contributed by atoms with van der Waals surface area (Å²) >= 11 is 5.94. The van der Waals surface area contributed by atoms with Gasteiger partial charge in [0.05, 0.1) is 16.3 Å². The summed E-state index contributed by atoms with van der Waals surface area (Å²) in [5.41, 5.74) is -0.688. The summed E-state index contributed by atoms with van der Waals surface area (Å²) in [6.45, 7) is 0.582. The van der Waals surface area contributed by atoms with Crippen LogP contribution in [0.1, 0.15) is 44.1 Å². The molecule has 4 aliphatic carbocycles. The van der Waals surface area contributed by atoms with Crippen molar-refractivity contribution in [1.82, 2.24) is 5.32 Å². The Morgan fingerprint density at radius 1 is 1.12 bits per heavy atom. The van der Waals surface area contributed by atoms with Crippen LogP contribution in [-0.4, -0.2) is 12.6 Å².